The van der Waals surface area contributed by atoms with Crippen LogP contribution in [-0.2, 0) is 14.3 Å². The summed E-state index contributed by atoms with van der Waals surface area (Å²) in [6.45, 7) is 2.69. The molecule has 0 aliphatic heterocycles. The van der Waals surface area contributed by atoms with Crippen LogP contribution in [0.5, 0.6) is 0 Å². The van der Waals surface area contributed by atoms with Crippen molar-refractivity contribution in [2.75, 3.05) is 26.8 Å². The highest BCUT2D eigenvalue weighted by molar-refractivity contribution is 5.82. The number of aliphatic hydroxyl groups excluding tert-OH is 1. The molecule has 1 fully saturated rings. The molecule has 1 aliphatic rings. The Bertz CT molecular complexity index is 276. The van der Waals surface area contributed by atoms with Crippen LogP contribution in [0.1, 0.15) is 26.2 Å². The number of aliphatic hydroxyl groups is 1. The molecule has 1 saturated carbocycles. The molecular formula is C12H21NO4. The van der Waals surface area contributed by atoms with E-state index in [2.05, 4.69) is 4.74 Å². The molecule has 1 amide bonds. The van der Waals surface area contributed by atoms with Crippen molar-refractivity contribution in [3.05, 3.63) is 0 Å². The van der Waals surface area contributed by atoms with E-state index in [-0.39, 0.29) is 30.3 Å². The molecule has 1 unspecified atom stereocenters. The standard InChI is InChI=1S/C12H21NO4/c1-9(12(16)17-2)8-13(6-3-7-14)11(15)10-4-5-10/h9-10,14H,3-8H2,1-2H3. The summed E-state index contributed by atoms with van der Waals surface area (Å²) in [5, 5.41) is 8.81. The maximum atomic E-state index is 11.9. The molecule has 5 nitrogen and oxygen atoms in total. The molecule has 0 bridgehead atoms. The first-order valence-corrected chi connectivity index (χ1v) is 6.07. The van der Waals surface area contributed by atoms with E-state index < -0.39 is 0 Å². The first-order valence-electron chi connectivity index (χ1n) is 6.07. The van der Waals surface area contributed by atoms with Crippen molar-refractivity contribution in [3.8, 4) is 0 Å². The van der Waals surface area contributed by atoms with Crippen LogP contribution in [0.15, 0.2) is 0 Å². The van der Waals surface area contributed by atoms with Gasteiger partial charge < -0.3 is 14.7 Å². The van der Waals surface area contributed by atoms with Crippen LogP contribution in [0, 0.1) is 11.8 Å². The Balaban J connectivity index is 2.49. The second-order valence-electron chi connectivity index (χ2n) is 4.56. The SMILES string of the molecule is COC(=O)C(C)CN(CCCO)C(=O)C1CC1. The fourth-order valence-electron chi connectivity index (χ4n) is 1.75. The molecule has 0 spiro atoms. The third-order valence-electron chi connectivity index (χ3n) is 2.92. The van der Waals surface area contributed by atoms with E-state index in [0.29, 0.717) is 19.5 Å². The number of esters is 1. The van der Waals surface area contributed by atoms with E-state index in [1.807, 2.05) is 0 Å². The van der Waals surface area contributed by atoms with Gasteiger partial charge in [-0.1, -0.05) is 6.92 Å². The molecule has 1 atom stereocenters. The molecule has 17 heavy (non-hydrogen) atoms. The lowest BCUT2D eigenvalue weighted by Crippen LogP contribution is -2.39. The topological polar surface area (TPSA) is 66.8 Å². The Morgan fingerprint density at radius 2 is 2.12 bits per heavy atom. The lowest BCUT2D eigenvalue weighted by Gasteiger charge is -2.24. The molecule has 1 N–H and O–H groups in total. The van der Waals surface area contributed by atoms with Crippen LogP contribution in [0.3, 0.4) is 0 Å². The molecule has 0 aromatic rings. The first-order chi connectivity index (χ1) is 8.10. The minimum absolute atomic E-state index is 0.0566. The van der Waals surface area contributed by atoms with Crippen molar-refractivity contribution in [2.45, 2.75) is 26.2 Å². The molecule has 0 heterocycles. The van der Waals surface area contributed by atoms with Crippen LogP contribution in [0.4, 0.5) is 0 Å². The Labute approximate surface area is 102 Å². The summed E-state index contributed by atoms with van der Waals surface area (Å²) in [7, 11) is 1.35. The van der Waals surface area contributed by atoms with Crippen LogP contribution in [0.25, 0.3) is 0 Å². The summed E-state index contributed by atoms with van der Waals surface area (Å²) in [6.07, 6.45) is 2.44. The Kier molecular flexibility index (Phi) is 5.41. The van der Waals surface area contributed by atoms with E-state index in [1.54, 1.807) is 11.8 Å². The number of carbonyl (C=O) groups excluding carboxylic acids is 2. The van der Waals surface area contributed by atoms with Gasteiger partial charge >= 0.3 is 5.97 Å². The highest BCUT2D eigenvalue weighted by Gasteiger charge is 2.34. The van der Waals surface area contributed by atoms with Gasteiger partial charge in [-0.25, -0.2) is 0 Å². The minimum atomic E-state index is -0.318. The van der Waals surface area contributed by atoms with Gasteiger partial charge in [-0.2, -0.15) is 0 Å². The molecule has 5 heteroatoms. The van der Waals surface area contributed by atoms with Gasteiger partial charge in [-0.3, -0.25) is 9.59 Å². The van der Waals surface area contributed by atoms with Gasteiger partial charge in [0, 0.05) is 25.6 Å². The maximum absolute atomic E-state index is 11.9. The first kappa shape index (κ1) is 14.0. The van der Waals surface area contributed by atoms with Crippen molar-refractivity contribution in [1.82, 2.24) is 4.90 Å². The van der Waals surface area contributed by atoms with E-state index in [9.17, 15) is 9.59 Å². The second-order valence-corrected chi connectivity index (χ2v) is 4.56. The fraction of sp³-hybridized carbons (Fsp3) is 0.833. The molecule has 0 aromatic carbocycles. The molecule has 0 radical (unpaired) electrons. The molecule has 1 aliphatic carbocycles. The zero-order valence-electron chi connectivity index (χ0n) is 10.5. The van der Waals surface area contributed by atoms with Crippen LogP contribution < -0.4 is 0 Å². The van der Waals surface area contributed by atoms with Gasteiger partial charge in [0.1, 0.15) is 0 Å². The van der Waals surface area contributed by atoms with E-state index >= 15 is 0 Å². The molecule has 0 aromatic heterocycles. The van der Waals surface area contributed by atoms with Crippen LogP contribution >= 0.6 is 0 Å². The van der Waals surface area contributed by atoms with Crippen LogP contribution in [0.2, 0.25) is 0 Å². The molecule has 98 valence electrons. The quantitative estimate of drug-likeness (QED) is 0.658. The average molecular weight is 243 g/mol. The van der Waals surface area contributed by atoms with Crippen molar-refractivity contribution < 1.29 is 19.4 Å². The lowest BCUT2D eigenvalue weighted by molar-refractivity contribution is -0.146. The highest BCUT2D eigenvalue weighted by atomic mass is 16.5. The van der Waals surface area contributed by atoms with Gasteiger partial charge in [-0.05, 0) is 19.3 Å². The van der Waals surface area contributed by atoms with Gasteiger partial charge in [0.15, 0.2) is 0 Å². The number of ether oxygens (including phenoxy) is 1. The largest absolute Gasteiger partial charge is 0.469 e. The van der Waals surface area contributed by atoms with E-state index in [1.165, 1.54) is 7.11 Å². The smallest absolute Gasteiger partial charge is 0.310 e. The van der Waals surface area contributed by atoms with Crippen molar-refractivity contribution in [2.24, 2.45) is 11.8 Å². The summed E-state index contributed by atoms with van der Waals surface area (Å²) >= 11 is 0. The average Bonchev–Trinajstić information content (AvgIpc) is 3.16. The van der Waals surface area contributed by atoms with Gasteiger partial charge in [0.05, 0.1) is 13.0 Å². The maximum Gasteiger partial charge on any atom is 0.310 e. The normalized spacial score (nSPS) is 16.4. The van der Waals surface area contributed by atoms with E-state index in [4.69, 9.17) is 5.11 Å². The molecular weight excluding hydrogens is 222 g/mol. The van der Waals surface area contributed by atoms with E-state index in [0.717, 1.165) is 12.8 Å². The zero-order valence-corrected chi connectivity index (χ0v) is 10.5. The number of amides is 1. The number of rotatable bonds is 7. The second kappa shape index (κ2) is 6.59. The Hall–Kier alpha value is -1.10. The summed E-state index contributed by atoms with van der Waals surface area (Å²) in [6, 6.07) is 0. The predicted octanol–water partition coefficient (Wildman–Crippen LogP) is 0.416. The summed E-state index contributed by atoms with van der Waals surface area (Å²) in [5.41, 5.74) is 0. The number of nitrogens with zero attached hydrogens (tertiary/aromatic N) is 1. The number of hydrogen-bond donors (Lipinski definition) is 1. The summed E-state index contributed by atoms with van der Waals surface area (Å²) in [5.74, 6) is -0.378. The highest BCUT2D eigenvalue weighted by Crippen LogP contribution is 2.31. The third-order valence-corrected chi connectivity index (χ3v) is 2.92. The van der Waals surface area contributed by atoms with Gasteiger partial charge in [0.2, 0.25) is 5.91 Å². The predicted molar refractivity (Wildman–Crippen MR) is 62.2 cm³/mol. The monoisotopic (exact) mass is 243 g/mol. The number of hydrogen-bond acceptors (Lipinski definition) is 4. The Morgan fingerprint density at radius 3 is 2.59 bits per heavy atom. The fourth-order valence-corrected chi connectivity index (χ4v) is 1.75. The van der Waals surface area contributed by atoms with Gasteiger partial charge in [-0.15, -0.1) is 0 Å². The van der Waals surface area contributed by atoms with Gasteiger partial charge in [0.25, 0.3) is 0 Å². The minimum Gasteiger partial charge on any atom is -0.469 e. The Morgan fingerprint density at radius 1 is 1.47 bits per heavy atom. The zero-order chi connectivity index (χ0) is 12.8. The number of methoxy groups -OCH3 is 1. The number of carbonyl (C=O) groups is 2. The van der Waals surface area contributed by atoms with Crippen molar-refractivity contribution in [1.29, 1.82) is 0 Å². The third kappa shape index (κ3) is 4.34. The summed E-state index contributed by atoms with van der Waals surface area (Å²) < 4.78 is 4.65. The summed E-state index contributed by atoms with van der Waals surface area (Å²) in [4.78, 5) is 24.9. The van der Waals surface area contributed by atoms with Crippen molar-refractivity contribution >= 4 is 11.9 Å². The van der Waals surface area contributed by atoms with Crippen molar-refractivity contribution in [3.63, 3.8) is 0 Å². The molecule has 1 rings (SSSR count). The van der Waals surface area contributed by atoms with Crippen LogP contribution in [-0.4, -0.2) is 48.7 Å². The lowest BCUT2D eigenvalue weighted by atomic mass is 10.1. The molecule has 0 saturated heterocycles.